The Morgan fingerprint density at radius 1 is 1.18 bits per heavy atom. The van der Waals surface area contributed by atoms with Crippen LogP contribution in [0.3, 0.4) is 0 Å². The van der Waals surface area contributed by atoms with Crippen molar-refractivity contribution in [2.75, 3.05) is 19.1 Å². The Morgan fingerprint density at radius 2 is 1.86 bits per heavy atom. The Labute approximate surface area is 172 Å². The van der Waals surface area contributed by atoms with E-state index in [1.807, 2.05) is 53.2 Å². The Hall–Kier alpha value is -2.20. The first-order chi connectivity index (χ1) is 13.4. The maximum Gasteiger partial charge on any atom is 0.325 e. The second-order valence-electron chi connectivity index (χ2n) is 8.19. The van der Waals surface area contributed by atoms with Gasteiger partial charge in [0.15, 0.2) is 0 Å². The van der Waals surface area contributed by atoms with Gasteiger partial charge in [-0.05, 0) is 60.6 Å². The van der Waals surface area contributed by atoms with Crippen molar-refractivity contribution in [3.8, 4) is 5.75 Å². The lowest BCUT2D eigenvalue weighted by Crippen LogP contribution is -2.60. The van der Waals surface area contributed by atoms with Crippen molar-refractivity contribution in [1.29, 1.82) is 0 Å². The zero-order valence-electron chi connectivity index (χ0n) is 16.9. The van der Waals surface area contributed by atoms with Gasteiger partial charge in [-0.1, -0.05) is 37.6 Å². The Balaban J connectivity index is 1.81. The number of amides is 2. The highest BCUT2D eigenvalue weighted by Gasteiger charge is 2.57. The standard InChI is InChI=1S/C23H27ClN2O2/c1-15(2)23(17-7-8-17)20-13-18(24)9-12-21(20)26(22(27)25(23)3)14-16-5-10-19(28-4)11-6-16/h5-6,9-13,15,17H,7-8,14H2,1-4H3. The van der Waals surface area contributed by atoms with Crippen LogP contribution in [0.1, 0.15) is 37.8 Å². The fourth-order valence-corrected chi connectivity index (χ4v) is 5.11. The predicted molar refractivity (Wildman–Crippen MR) is 113 cm³/mol. The van der Waals surface area contributed by atoms with E-state index < -0.39 is 0 Å². The van der Waals surface area contributed by atoms with Gasteiger partial charge >= 0.3 is 6.03 Å². The van der Waals surface area contributed by atoms with Crippen LogP contribution in [0.2, 0.25) is 5.02 Å². The van der Waals surface area contributed by atoms with Crippen LogP contribution in [0, 0.1) is 11.8 Å². The summed E-state index contributed by atoms with van der Waals surface area (Å²) in [6, 6.07) is 13.9. The maximum atomic E-state index is 13.5. The molecule has 148 valence electrons. The van der Waals surface area contributed by atoms with Gasteiger partial charge in [0.2, 0.25) is 0 Å². The summed E-state index contributed by atoms with van der Waals surface area (Å²) in [5, 5.41) is 0.719. The van der Waals surface area contributed by atoms with E-state index in [1.54, 1.807) is 7.11 Å². The monoisotopic (exact) mass is 398 g/mol. The number of rotatable bonds is 5. The molecule has 1 atom stereocenters. The number of fused-ring (bicyclic) bond motifs is 1. The van der Waals surface area contributed by atoms with Crippen LogP contribution in [0.5, 0.6) is 5.75 Å². The van der Waals surface area contributed by atoms with Gasteiger partial charge in [0.1, 0.15) is 5.75 Å². The minimum Gasteiger partial charge on any atom is -0.497 e. The molecule has 2 aliphatic rings. The highest BCUT2D eigenvalue weighted by molar-refractivity contribution is 6.30. The Kier molecular flexibility index (Phi) is 4.78. The third-order valence-corrected chi connectivity index (χ3v) is 6.57. The van der Waals surface area contributed by atoms with Crippen molar-refractivity contribution < 1.29 is 9.53 Å². The molecule has 28 heavy (non-hydrogen) atoms. The minimum absolute atomic E-state index is 0.0474. The number of hydrogen-bond acceptors (Lipinski definition) is 2. The van der Waals surface area contributed by atoms with E-state index in [0.717, 1.165) is 34.9 Å². The van der Waals surface area contributed by atoms with Gasteiger partial charge in [0.25, 0.3) is 0 Å². The average Bonchev–Trinajstić information content (AvgIpc) is 3.51. The van der Waals surface area contributed by atoms with Crippen molar-refractivity contribution >= 4 is 23.3 Å². The molecule has 1 unspecified atom stereocenters. The van der Waals surface area contributed by atoms with Crippen molar-refractivity contribution in [3.05, 3.63) is 58.6 Å². The van der Waals surface area contributed by atoms with Crippen molar-refractivity contribution in [2.24, 2.45) is 11.8 Å². The number of urea groups is 1. The molecule has 1 heterocycles. The number of halogens is 1. The maximum absolute atomic E-state index is 13.5. The van der Waals surface area contributed by atoms with Gasteiger partial charge in [0, 0.05) is 17.6 Å². The van der Waals surface area contributed by atoms with Crippen molar-refractivity contribution in [3.63, 3.8) is 0 Å². The van der Waals surface area contributed by atoms with E-state index in [1.165, 1.54) is 5.56 Å². The number of ether oxygens (including phenoxy) is 1. The largest absolute Gasteiger partial charge is 0.497 e. The van der Waals surface area contributed by atoms with Crippen LogP contribution < -0.4 is 9.64 Å². The first-order valence-electron chi connectivity index (χ1n) is 9.87. The first kappa shape index (κ1) is 19.1. The number of anilines is 1. The summed E-state index contributed by atoms with van der Waals surface area (Å²) in [7, 11) is 3.60. The first-order valence-corrected chi connectivity index (χ1v) is 10.3. The SMILES string of the molecule is COc1ccc(CN2C(=O)N(C)C(C(C)C)(C3CC3)c3cc(Cl)ccc32)cc1. The third-order valence-electron chi connectivity index (χ3n) is 6.33. The van der Waals surface area contributed by atoms with Crippen LogP contribution in [0.25, 0.3) is 0 Å². The molecule has 0 radical (unpaired) electrons. The zero-order valence-corrected chi connectivity index (χ0v) is 17.7. The van der Waals surface area contributed by atoms with Gasteiger partial charge in [-0.15, -0.1) is 0 Å². The summed E-state index contributed by atoms with van der Waals surface area (Å²) in [4.78, 5) is 17.4. The van der Waals surface area contributed by atoms with E-state index >= 15 is 0 Å². The molecule has 0 bridgehead atoms. The van der Waals surface area contributed by atoms with Gasteiger partial charge < -0.3 is 9.64 Å². The molecule has 4 nitrogen and oxygen atoms in total. The molecule has 0 N–H and O–H groups in total. The number of carbonyl (C=O) groups excluding carboxylic acids is 1. The van der Waals surface area contributed by atoms with Crippen LogP contribution in [0.4, 0.5) is 10.5 Å². The lowest BCUT2D eigenvalue weighted by Gasteiger charge is -2.52. The summed E-state index contributed by atoms with van der Waals surface area (Å²) >= 11 is 6.42. The number of nitrogens with zero attached hydrogens (tertiary/aromatic N) is 2. The fourth-order valence-electron chi connectivity index (χ4n) is 4.94. The van der Waals surface area contributed by atoms with Crippen molar-refractivity contribution in [1.82, 2.24) is 4.90 Å². The average molecular weight is 399 g/mol. The smallest absolute Gasteiger partial charge is 0.325 e. The number of benzene rings is 2. The molecule has 0 spiro atoms. The van der Waals surface area contributed by atoms with Gasteiger partial charge in [-0.25, -0.2) is 4.79 Å². The summed E-state index contributed by atoms with van der Waals surface area (Å²) in [6.45, 7) is 4.94. The highest BCUT2D eigenvalue weighted by Crippen LogP contribution is 2.57. The molecule has 1 fully saturated rings. The van der Waals surface area contributed by atoms with Crippen LogP contribution >= 0.6 is 11.6 Å². The van der Waals surface area contributed by atoms with E-state index in [-0.39, 0.29) is 11.6 Å². The third kappa shape index (κ3) is 2.86. The van der Waals surface area contributed by atoms with Gasteiger partial charge in [-0.2, -0.15) is 0 Å². The van der Waals surface area contributed by atoms with Crippen LogP contribution in [0.15, 0.2) is 42.5 Å². The van der Waals surface area contributed by atoms with E-state index in [2.05, 4.69) is 19.9 Å². The van der Waals surface area contributed by atoms with E-state index in [0.29, 0.717) is 18.4 Å². The normalized spacial score (nSPS) is 21.9. The van der Waals surface area contributed by atoms with Crippen LogP contribution in [-0.4, -0.2) is 25.1 Å². The Bertz CT molecular complexity index is 888. The molecule has 2 aromatic rings. The number of methoxy groups -OCH3 is 1. The molecule has 1 aliphatic heterocycles. The quantitative estimate of drug-likeness (QED) is 0.648. The number of carbonyl (C=O) groups is 1. The van der Waals surface area contributed by atoms with Gasteiger partial charge in [-0.3, -0.25) is 4.90 Å². The molecular formula is C23H27ClN2O2. The molecule has 0 aromatic heterocycles. The molecule has 0 saturated heterocycles. The summed E-state index contributed by atoms with van der Waals surface area (Å²) < 4.78 is 5.25. The summed E-state index contributed by atoms with van der Waals surface area (Å²) in [5.74, 6) is 1.60. The summed E-state index contributed by atoms with van der Waals surface area (Å²) in [6.07, 6.45) is 2.31. The van der Waals surface area contributed by atoms with Crippen molar-refractivity contribution in [2.45, 2.75) is 38.8 Å². The van der Waals surface area contributed by atoms with E-state index in [4.69, 9.17) is 16.3 Å². The molecule has 1 aliphatic carbocycles. The Morgan fingerprint density at radius 3 is 2.43 bits per heavy atom. The predicted octanol–water partition coefficient (Wildman–Crippen LogP) is 5.68. The highest BCUT2D eigenvalue weighted by atomic mass is 35.5. The van der Waals surface area contributed by atoms with Crippen LogP contribution in [-0.2, 0) is 12.1 Å². The lowest BCUT2D eigenvalue weighted by atomic mass is 9.72. The topological polar surface area (TPSA) is 32.8 Å². The fraction of sp³-hybridized carbons (Fsp3) is 0.435. The summed E-state index contributed by atoms with van der Waals surface area (Å²) in [5.41, 5.74) is 2.91. The molecule has 4 rings (SSSR count). The number of hydrogen-bond donors (Lipinski definition) is 0. The molecule has 5 heteroatoms. The molecular weight excluding hydrogens is 372 g/mol. The van der Waals surface area contributed by atoms with E-state index in [9.17, 15) is 4.79 Å². The van der Waals surface area contributed by atoms with Gasteiger partial charge in [0.05, 0.1) is 24.9 Å². The lowest BCUT2D eigenvalue weighted by molar-refractivity contribution is 0.0674. The molecule has 2 amide bonds. The zero-order chi connectivity index (χ0) is 20.1. The second-order valence-corrected chi connectivity index (χ2v) is 8.63. The second kappa shape index (κ2) is 7.00. The molecule has 1 saturated carbocycles. The minimum atomic E-state index is -0.298. The molecule has 2 aromatic carbocycles.